The van der Waals surface area contributed by atoms with Crippen LogP contribution in [-0.2, 0) is 20.0 Å². The second-order valence-corrected chi connectivity index (χ2v) is 16.0. The van der Waals surface area contributed by atoms with E-state index in [4.69, 9.17) is 0 Å². The van der Waals surface area contributed by atoms with E-state index in [-0.39, 0.29) is 22.3 Å². The first kappa shape index (κ1) is 33.3. The van der Waals surface area contributed by atoms with E-state index in [1.54, 1.807) is 66.7 Å². The topological polar surface area (TPSA) is 76.5 Å². The second kappa shape index (κ2) is 14.9. The monoisotopic (exact) mass is 684 g/mol. The normalized spacial score (nSPS) is 15.7. The Bertz CT molecular complexity index is 1680. The summed E-state index contributed by atoms with van der Waals surface area (Å²) in [4.78, 5) is 0.406. The summed E-state index contributed by atoms with van der Waals surface area (Å²) in [6.45, 7) is 5.97. The van der Waals surface area contributed by atoms with Crippen LogP contribution in [0.3, 0.4) is 0 Å². The van der Waals surface area contributed by atoms with E-state index in [2.05, 4.69) is 34.7 Å². The van der Waals surface area contributed by atoms with Crippen LogP contribution >= 0.6 is 15.9 Å². The van der Waals surface area contributed by atoms with Gasteiger partial charge in [-0.15, -0.1) is 5.92 Å². The molecule has 0 bridgehead atoms. The standard InChI is InChI=1S/C34H41BrN2O4S2/c1-4-5-6-10-15-34(29-12-8-7-9-13-29)37(43(40,41)33-22-18-28(3)19-23-33)26-30(35)25-31-14-11-24-36(31)42(38,39)32-20-16-27(2)17-21-32/h11,14,16-25,29,34H,4-9,12-13,26H2,1-3H3/b30-25-/t34-/m0/s1. The van der Waals surface area contributed by atoms with Crippen LogP contribution in [0.15, 0.2) is 81.1 Å². The predicted octanol–water partition coefficient (Wildman–Crippen LogP) is 7.91. The molecule has 1 aliphatic carbocycles. The zero-order valence-corrected chi connectivity index (χ0v) is 28.4. The highest BCUT2D eigenvalue weighted by Crippen LogP contribution is 2.33. The van der Waals surface area contributed by atoms with Crippen molar-refractivity contribution in [1.82, 2.24) is 8.28 Å². The molecule has 1 atom stereocenters. The third-order valence-corrected chi connectivity index (χ3v) is 11.9. The summed E-state index contributed by atoms with van der Waals surface area (Å²) in [7, 11) is -7.78. The van der Waals surface area contributed by atoms with Crippen molar-refractivity contribution in [2.45, 2.75) is 88.0 Å². The van der Waals surface area contributed by atoms with E-state index < -0.39 is 26.1 Å². The molecule has 230 valence electrons. The Labute approximate surface area is 266 Å². The maximum Gasteiger partial charge on any atom is 0.268 e. The molecule has 9 heteroatoms. The van der Waals surface area contributed by atoms with Crippen molar-refractivity contribution in [2.75, 3.05) is 6.54 Å². The Hall–Kier alpha value is -2.64. The van der Waals surface area contributed by atoms with Crippen molar-refractivity contribution in [3.8, 4) is 11.8 Å². The lowest BCUT2D eigenvalue weighted by molar-refractivity contribution is 0.244. The molecule has 6 nitrogen and oxygen atoms in total. The van der Waals surface area contributed by atoms with Gasteiger partial charge in [-0.05, 0) is 81.5 Å². The van der Waals surface area contributed by atoms with Gasteiger partial charge in [0.2, 0.25) is 10.0 Å². The summed E-state index contributed by atoms with van der Waals surface area (Å²) >= 11 is 3.63. The van der Waals surface area contributed by atoms with Crippen LogP contribution in [-0.4, -0.2) is 37.7 Å². The molecule has 1 fully saturated rings. The lowest BCUT2D eigenvalue weighted by Gasteiger charge is -2.35. The first-order valence-corrected chi connectivity index (χ1v) is 18.6. The number of halogens is 1. The highest BCUT2D eigenvalue weighted by atomic mass is 79.9. The van der Waals surface area contributed by atoms with Crippen molar-refractivity contribution >= 4 is 42.1 Å². The SMILES string of the molecule is CCCCC#C[C@@H](C1CCCCC1)N(C/C(Br)=C/c1cccn1S(=O)(=O)c1ccc(C)cc1)S(=O)(=O)c1ccc(C)cc1. The third kappa shape index (κ3) is 8.30. The molecular weight excluding hydrogens is 644 g/mol. The summed E-state index contributed by atoms with van der Waals surface area (Å²) < 4.78 is 58.9. The maximum absolute atomic E-state index is 14.3. The van der Waals surface area contributed by atoms with E-state index in [1.165, 1.54) is 14.5 Å². The number of sulfonamides is 1. The van der Waals surface area contributed by atoms with Gasteiger partial charge in [-0.2, -0.15) is 4.31 Å². The molecule has 0 unspecified atom stereocenters. The van der Waals surface area contributed by atoms with Crippen molar-refractivity contribution in [3.63, 3.8) is 0 Å². The lowest BCUT2D eigenvalue weighted by Crippen LogP contribution is -2.45. The molecule has 0 amide bonds. The van der Waals surface area contributed by atoms with Gasteiger partial charge in [0, 0.05) is 23.6 Å². The highest BCUT2D eigenvalue weighted by molar-refractivity contribution is 9.11. The van der Waals surface area contributed by atoms with Crippen LogP contribution in [0.25, 0.3) is 6.08 Å². The molecule has 1 aromatic heterocycles. The lowest BCUT2D eigenvalue weighted by atomic mass is 9.84. The number of aryl methyl sites for hydroxylation is 2. The number of nitrogens with zero attached hydrogens (tertiary/aromatic N) is 2. The van der Waals surface area contributed by atoms with Crippen molar-refractivity contribution in [3.05, 3.63) is 88.2 Å². The minimum Gasteiger partial charge on any atom is -0.242 e. The van der Waals surface area contributed by atoms with E-state index in [9.17, 15) is 16.8 Å². The van der Waals surface area contributed by atoms with Crippen molar-refractivity contribution in [2.24, 2.45) is 5.92 Å². The van der Waals surface area contributed by atoms with Crippen LogP contribution in [0.1, 0.15) is 75.1 Å². The minimum atomic E-state index is -3.93. The Morgan fingerprint density at radius 3 is 2.16 bits per heavy atom. The molecule has 0 saturated heterocycles. The van der Waals surface area contributed by atoms with Gasteiger partial charge < -0.3 is 0 Å². The largest absolute Gasteiger partial charge is 0.268 e. The van der Waals surface area contributed by atoms with Gasteiger partial charge in [0.1, 0.15) is 0 Å². The van der Waals surface area contributed by atoms with Crippen molar-refractivity contribution < 1.29 is 16.8 Å². The van der Waals surface area contributed by atoms with Gasteiger partial charge in [0.15, 0.2) is 0 Å². The van der Waals surface area contributed by atoms with E-state index in [0.29, 0.717) is 10.2 Å². The second-order valence-electron chi connectivity index (χ2n) is 11.3. The fraction of sp³-hybridized carbons (Fsp3) is 0.412. The number of unbranched alkanes of at least 4 members (excludes halogenated alkanes) is 2. The molecule has 2 aromatic carbocycles. The minimum absolute atomic E-state index is 0.0234. The number of rotatable bonds is 11. The van der Waals surface area contributed by atoms with Crippen LogP contribution < -0.4 is 0 Å². The van der Waals surface area contributed by atoms with E-state index in [0.717, 1.165) is 62.5 Å². The first-order valence-electron chi connectivity index (χ1n) is 15.0. The quantitative estimate of drug-likeness (QED) is 0.152. The number of benzene rings is 2. The van der Waals surface area contributed by atoms with Gasteiger partial charge in [0.05, 0.1) is 21.5 Å². The summed E-state index contributed by atoms with van der Waals surface area (Å²) in [6.07, 6.45) is 11.0. The van der Waals surface area contributed by atoms with Crippen LogP contribution in [0.5, 0.6) is 0 Å². The zero-order chi connectivity index (χ0) is 31.0. The molecule has 0 radical (unpaired) electrons. The molecular formula is C34H41BrN2O4S2. The fourth-order valence-electron chi connectivity index (χ4n) is 5.38. The highest BCUT2D eigenvalue weighted by Gasteiger charge is 2.36. The van der Waals surface area contributed by atoms with Gasteiger partial charge >= 0.3 is 0 Å². The third-order valence-electron chi connectivity index (χ3n) is 7.87. The van der Waals surface area contributed by atoms with Crippen molar-refractivity contribution in [1.29, 1.82) is 0 Å². The molecule has 0 spiro atoms. The van der Waals surface area contributed by atoms with Gasteiger partial charge in [0.25, 0.3) is 10.0 Å². The molecule has 3 aromatic rings. The smallest absolute Gasteiger partial charge is 0.242 e. The average Bonchev–Trinajstić information content (AvgIpc) is 3.46. The maximum atomic E-state index is 14.3. The average molecular weight is 686 g/mol. The molecule has 1 saturated carbocycles. The Balaban J connectivity index is 1.75. The fourth-order valence-corrected chi connectivity index (χ4v) is 8.97. The van der Waals surface area contributed by atoms with E-state index >= 15 is 0 Å². The number of hydrogen-bond acceptors (Lipinski definition) is 4. The predicted molar refractivity (Wildman–Crippen MR) is 178 cm³/mol. The molecule has 4 rings (SSSR count). The molecule has 1 heterocycles. The van der Waals surface area contributed by atoms with Gasteiger partial charge in [-0.1, -0.05) is 89.8 Å². The molecule has 1 aliphatic rings. The summed E-state index contributed by atoms with van der Waals surface area (Å²) in [5.41, 5.74) is 2.36. The van der Waals surface area contributed by atoms with E-state index in [1.807, 2.05) is 13.8 Å². The summed E-state index contributed by atoms with van der Waals surface area (Å²) in [5, 5.41) is 0. The van der Waals surface area contributed by atoms with Crippen LogP contribution in [0.2, 0.25) is 0 Å². The summed E-state index contributed by atoms with van der Waals surface area (Å²) in [6, 6.07) is 16.5. The van der Waals surface area contributed by atoms with Gasteiger partial charge in [-0.3, -0.25) is 0 Å². The molecule has 43 heavy (non-hydrogen) atoms. The van der Waals surface area contributed by atoms with Gasteiger partial charge in [-0.25, -0.2) is 20.8 Å². The Morgan fingerprint density at radius 1 is 0.953 bits per heavy atom. The molecule has 0 aliphatic heterocycles. The van der Waals surface area contributed by atoms with Crippen LogP contribution in [0.4, 0.5) is 0 Å². The summed E-state index contributed by atoms with van der Waals surface area (Å²) in [5.74, 6) is 6.80. The Kier molecular flexibility index (Phi) is 11.5. The number of hydrogen-bond donors (Lipinski definition) is 0. The zero-order valence-electron chi connectivity index (χ0n) is 25.2. The molecule has 0 N–H and O–H groups in total. The number of aromatic nitrogens is 1. The van der Waals surface area contributed by atoms with Crippen LogP contribution in [0, 0.1) is 31.6 Å². The Morgan fingerprint density at radius 2 is 1.56 bits per heavy atom. The first-order chi connectivity index (χ1) is 20.5.